The molecule has 1 amide bonds. The van der Waals surface area contributed by atoms with Crippen molar-refractivity contribution in [3.63, 3.8) is 0 Å². The molecule has 0 rings (SSSR count). The smallest absolute Gasteiger partial charge is 0.306 e. The number of hydrogen-bond donors (Lipinski definition) is 2. The Bertz CT molecular complexity index is 580. The van der Waals surface area contributed by atoms with E-state index in [0.717, 1.165) is 0 Å². The largest absolute Gasteiger partial charge is 0.481 e. The lowest BCUT2D eigenvalue weighted by Gasteiger charge is -2.16. The Labute approximate surface area is 171 Å². The quantitative estimate of drug-likeness (QED) is 0.283. The summed E-state index contributed by atoms with van der Waals surface area (Å²) in [6, 6.07) is 0. The standard InChI is InChI=1S/C20H33NO8/c1-14(22)11-16(23)12-15(19(26)27)5-6-18(25)21-7-8-28-9-10-29-13-17(24)20(2,3)4/h15H,5-13H2,1-4H3,(H,21,25)(H,26,27). The first-order valence-electron chi connectivity index (χ1n) is 9.63. The van der Waals surface area contributed by atoms with Gasteiger partial charge in [0.05, 0.1) is 32.2 Å². The summed E-state index contributed by atoms with van der Waals surface area (Å²) < 4.78 is 10.5. The second kappa shape index (κ2) is 13.9. The van der Waals surface area contributed by atoms with E-state index in [9.17, 15) is 24.0 Å². The van der Waals surface area contributed by atoms with Crippen LogP contribution in [-0.2, 0) is 33.4 Å². The van der Waals surface area contributed by atoms with Crippen molar-refractivity contribution >= 4 is 29.2 Å². The molecule has 0 saturated carbocycles. The monoisotopic (exact) mass is 415 g/mol. The summed E-state index contributed by atoms with van der Waals surface area (Å²) in [5.74, 6) is -3.24. The van der Waals surface area contributed by atoms with Crippen LogP contribution in [0.5, 0.6) is 0 Å². The molecule has 0 spiro atoms. The number of amides is 1. The summed E-state index contributed by atoms with van der Waals surface area (Å²) in [7, 11) is 0. The van der Waals surface area contributed by atoms with Gasteiger partial charge in [-0.2, -0.15) is 0 Å². The Hall–Kier alpha value is -2.13. The predicted molar refractivity (Wildman–Crippen MR) is 104 cm³/mol. The number of carboxylic acids is 1. The molecule has 1 unspecified atom stereocenters. The fourth-order valence-electron chi connectivity index (χ4n) is 2.20. The molecule has 9 heteroatoms. The molecule has 0 aromatic rings. The van der Waals surface area contributed by atoms with E-state index in [1.165, 1.54) is 6.92 Å². The SMILES string of the molecule is CC(=O)CC(=O)CC(CCC(=O)NCCOCCOCC(=O)C(C)(C)C)C(=O)O. The number of carbonyl (C=O) groups is 5. The van der Waals surface area contributed by atoms with E-state index >= 15 is 0 Å². The molecule has 0 heterocycles. The van der Waals surface area contributed by atoms with Gasteiger partial charge in [0.2, 0.25) is 5.91 Å². The third-order valence-electron chi connectivity index (χ3n) is 4.00. The van der Waals surface area contributed by atoms with Crippen molar-refractivity contribution in [1.82, 2.24) is 5.32 Å². The van der Waals surface area contributed by atoms with E-state index in [4.69, 9.17) is 14.6 Å². The summed E-state index contributed by atoms with van der Waals surface area (Å²) in [5.41, 5.74) is -0.439. The maximum Gasteiger partial charge on any atom is 0.306 e. The Morgan fingerprint density at radius 3 is 2.17 bits per heavy atom. The first-order chi connectivity index (χ1) is 13.4. The van der Waals surface area contributed by atoms with E-state index in [-0.39, 0.29) is 76.1 Å². The zero-order valence-electron chi connectivity index (χ0n) is 17.7. The van der Waals surface area contributed by atoms with Crippen LogP contribution in [0.4, 0.5) is 0 Å². The molecule has 0 aliphatic heterocycles. The Kier molecular flexibility index (Phi) is 12.9. The van der Waals surface area contributed by atoms with Crippen LogP contribution in [0.3, 0.4) is 0 Å². The second-order valence-corrected chi connectivity index (χ2v) is 7.88. The maximum absolute atomic E-state index is 11.8. The molecule has 2 N–H and O–H groups in total. The van der Waals surface area contributed by atoms with E-state index in [0.29, 0.717) is 0 Å². The van der Waals surface area contributed by atoms with Gasteiger partial charge in [0, 0.05) is 24.8 Å². The van der Waals surface area contributed by atoms with Crippen molar-refractivity contribution in [3.8, 4) is 0 Å². The fraction of sp³-hybridized carbons (Fsp3) is 0.750. The number of ketones is 3. The minimum absolute atomic E-state index is 0.00687. The van der Waals surface area contributed by atoms with Crippen LogP contribution in [0.15, 0.2) is 0 Å². The van der Waals surface area contributed by atoms with Gasteiger partial charge >= 0.3 is 5.97 Å². The summed E-state index contributed by atoms with van der Waals surface area (Å²) >= 11 is 0. The number of nitrogens with one attached hydrogen (secondary N) is 1. The highest BCUT2D eigenvalue weighted by atomic mass is 16.5. The molecule has 0 radical (unpaired) electrons. The predicted octanol–water partition coefficient (Wildman–Crippen LogP) is 1.17. The van der Waals surface area contributed by atoms with E-state index in [2.05, 4.69) is 5.32 Å². The van der Waals surface area contributed by atoms with Gasteiger partial charge in [-0.25, -0.2) is 0 Å². The highest BCUT2D eigenvalue weighted by Crippen LogP contribution is 2.14. The van der Waals surface area contributed by atoms with Crippen LogP contribution in [0.1, 0.15) is 53.4 Å². The lowest BCUT2D eigenvalue weighted by molar-refractivity contribution is -0.144. The van der Waals surface area contributed by atoms with Crippen LogP contribution in [0.2, 0.25) is 0 Å². The first-order valence-corrected chi connectivity index (χ1v) is 9.63. The van der Waals surface area contributed by atoms with Crippen LogP contribution < -0.4 is 5.32 Å². The summed E-state index contributed by atoms with van der Waals surface area (Å²) in [6.45, 7) is 7.81. The number of rotatable bonds is 16. The lowest BCUT2D eigenvalue weighted by atomic mass is 9.91. The molecule has 0 aliphatic carbocycles. The fourth-order valence-corrected chi connectivity index (χ4v) is 2.20. The summed E-state index contributed by atoms with van der Waals surface area (Å²) in [6.07, 6.45) is -0.575. The van der Waals surface area contributed by atoms with Gasteiger partial charge in [-0.1, -0.05) is 20.8 Å². The van der Waals surface area contributed by atoms with Crippen molar-refractivity contribution in [2.75, 3.05) is 33.0 Å². The average Bonchev–Trinajstić information content (AvgIpc) is 2.58. The first kappa shape index (κ1) is 26.9. The number of hydrogen-bond acceptors (Lipinski definition) is 7. The molecule has 1 atom stereocenters. The van der Waals surface area contributed by atoms with Crippen LogP contribution in [-0.4, -0.2) is 67.3 Å². The van der Waals surface area contributed by atoms with E-state index in [1.807, 2.05) is 20.8 Å². The van der Waals surface area contributed by atoms with Crippen LogP contribution in [0, 0.1) is 11.3 Å². The molecule has 166 valence electrons. The summed E-state index contributed by atoms with van der Waals surface area (Å²) in [4.78, 5) is 57.1. The van der Waals surface area contributed by atoms with Crippen molar-refractivity contribution in [1.29, 1.82) is 0 Å². The molecule has 0 saturated heterocycles. The van der Waals surface area contributed by atoms with Crippen LogP contribution >= 0.6 is 0 Å². The highest BCUT2D eigenvalue weighted by molar-refractivity contribution is 5.99. The average molecular weight is 415 g/mol. The third-order valence-corrected chi connectivity index (χ3v) is 4.00. The second-order valence-electron chi connectivity index (χ2n) is 7.88. The molecule has 0 fully saturated rings. The van der Waals surface area contributed by atoms with Crippen molar-refractivity contribution in [2.24, 2.45) is 11.3 Å². The molecule has 0 bridgehead atoms. The molecule has 0 aromatic carbocycles. The molecular weight excluding hydrogens is 382 g/mol. The Morgan fingerprint density at radius 2 is 1.62 bits per heavy atom. The highest BCUT2D eigenvalue weighted by Gasteiger charge is 2.23. The molecule has 0 aliphatic rings. The van der Waals surface area contributed by atoms with Gasteiger partial charge in [0.1, 0.15) is 18.2 Å². The lowest BCUT2D eigenvalue weighted by Crippen LogP contribution is -2.29. The van der Waals surface area contributed by atoms with Crippen LogP contribution in [0.25, 0.3) is 0 Å². The minimum atomic E-state index is -1.16. The van der Waals surface area contributed by atoms with Gasteiger partial charge in [-0.3, -0.25) is 24.0 Å². The Morgan fingerprint density at radius 1 is 1.00 bits per heavy atom. The zero-order valence-corrected chi connectivity index (χ0v) is 17.7. The van der Waals surface area contributed by atoms with Gasteiger partial charge in [-0.05, 0) is 13.3 Å². The topological polar surface area (TPSA) is 136 Å². The molecule has 0 aromatic heterocycles. The van der Waals surface area contributed by atoms with Gasteiger partial charge in [-0.15, -0.1) is 0 Å². The molecular formula is C20H33NO8. The Balaban J connectivity index is 3.87. The van der Waals surface area contributed by atoms with Gasteiger partial charge in [0.25, 0.3) is 0 Å². The van der Waals surface area contributed by atoms with Crippen molar-refractivity contribution in [2.45, 2.75) is 53.4 Å². The zero-order chi connectivity index (χ0) is 22.4. The molecule has 9 nitrogen and oxygen atoms in total. The number of carboxylic acid groups (broad SMARTS) is 1. The summed E-state index contributed by atoms with van der Waals surface area (Å²) in [5, 5.41) is 11.7. The van der Waals surface area contributed by atoms with E-state index < -0.39 is 23.1 Å². The van der Waals surface area contributed by atoms with Gasteiger partial charge < -0.3 is 19.9 Å². The maximum atomic E-state index is 11.8. The molecule has 29 heavy (non-hydrogen) atoms. The normalized spacial score (nSPS) is 12.3. The number of ether oxygens (including phenoxy) is 2. The number of Topliss-reactive ketones (excluding diaryl/α,β-unsaturated/α-hetero) is 3. The van der Waals surface area contributed by atoms with Gasteiger partial charge in [0.15, 0.2) is 5.78 Å². The minimum Gasteiger partial charge on any atom is -0.481 e. The van der Waals surface area contributed by atoms with Crippen molar-refractivity contribution in [3.05, 3.63) is 0 Å². The number of aliphatic carboxylic acids is 1. The van der Waals surface area contributed by atoms with Crippen molar-refractivity contribution < 1.29 is 38.6 Å². The van der Waals surface area contributed by atoms with E-state index in [1.54, 1.807) is 0 Å². The third kappa shape index (κ3) is 14.5. The number of carbonyl (C=O) groups excluding carboxylic acids is 4.